The number of ether oxygens (including phenoxy) is 2. The van der Waals surface area contributed by atoms with Crippen molar-refractivity contribution in [3.05, 3.63) is 30.2 Å². The first-order chi connectivity index (χ1) is 11.8. The van der Waals surface area contributed by atoms with Crippen LogP contribution < -0.4 is 5.32 Å². The van der Waals surface area contributed by atoms with Gasteiger partial charge in [-0.25, -0.2) is 9.50 Å². The number of carbonyl (C=O) groups is 1. The van der Waals surface area contributed by atoms with Gasteiger partial charge in [-0.05, 0) is 31.2 Å². The third-order valence-corrected chi connectivity index (χ3v) is 5.06. The van der Waals surface area contributed by atoms with E-state index < -0.39 is 0 Å². The lowest BCUT2D eigenvalue weighted by Gasteiger charge is -2.38. The van der Waals surface area contributed by atoms with Crippen molar-refractivity contribution in [2.45, 2.75) is 25.3 Å². The van der Waals surface area contributed by atoms with Crippen LogP contribution in [0.2, 0.25) is 0 Å². The first-order valence-electron chi connectivity index (χ1n) is 8.58. The predicted octanol–water partition coefficient (Wildman–Crippen LogP) is 1.29. The summed E-state index contributed by atoms with van der Waals surface area (Å²) in [5, 5.41) is 7.49. The molecule has 2 atom stereocenters. The molecule has 2 aromatic heterocycles. The SMILES string of the molecule is O=C(N[C@@H]1CCOC[C@@H]1C1CCOCC1)c1cc2ncccn2n1. The van der Waals surface area contributed by atoms with Gasteiger partial charge >= 0.3 is 0 Å². The Hall–Kier alpha value is -1.99. The molecule has 1 amide bonds. The fourth-order valence-corrected chi connectivity index (χ4v) is 3.73. The van der Waals surface area contributed by atoms with Gasteiger partial charge in [0.05, 0.1) is 6.61 Å². The monoisotopic (exact) mass is 330 g/mol. The number of amides is 1. The Morgan fingerprint density at radius 1 is 1.21 bits per heavy atom. The van der Waals surface area contributed by atoms with E-state index in [1.54, 1.807) is 29.0 Å². The van der Waals surface area contributed by atoms with E-state index >= 15 is 0 Å². The molecular weight excluding hydrogens is 308 g/mol. The standard InChI is InChI=1S/C17H22N4O3/c22-17(15-10-16-18-5-1-6-21(16)20-15)19-14-4-9-24-11-13(14)12-2-7-23-8-3-12/h1,5-6,10,12-14H,2-4,7-9,11H2,(H,19,22)/t13-,14-/m1/s1. The topological polar surface area (TPSA) is 77.8 Å². The minimum atomic E-state index is -0.135. The Morgan fingerprint density at radius 3 is 2.88 bits per heavy atom. The maximum absolute atomic E-state index is 12.6. The maximum Gasteiger partial charge on any atom is 0.272 e. The predicted molar refractivity (Wildman–Crippen MR) is 86.7 cm³/mol. The van der Waals surface area contributed by atoms with Gasteiger partial charge < -0.3 is 14.8 Å². The second kappa shape index (κ2) is 6.86. The fourth-order valence-electron chi connectivity index (χ4n) is 3.73. The van der Waals surface area contributed by atoms with E-state index in [1.807, 2.05) is 0 Å². The minimum absolute atomic E-state index is 0.132. The van der Waals surface area contributed by atoms with Crippen molar-refractivity contribution in [1.82, 2.24) is 19.9 Å². The first kappa shape index (κ1) is 15.5. The molecule has 24 heavy (non-hydrogen) atoms. The fraction of sp³-hybridized carbons (Fsp3) is 0.588. The molecule has 0 saturated carbocycles. The molecule has 0 unspecified atom stereocenters. The van der Waals surface area contributed by atoms with Crippen molar-refractivity contribution in [3.63, 3.8) is 0 Å². The first-order valence-corrected chi connectivity index (χ1v) is 8.58. The van der Waals surface area contributed by atoms with Crippen LogP contribution in [0.15, 0.2) is 24.5 Å². The van der Waals surface area contributed by atoms with Crippen LogP contribution in [0, 0.1) is 11.8 Å². The van der Waals surface area contributed by atoms with E-state index in [9.17, 15) is 4.79 Å². The second-order valence-electron chi connectivity index (χ2n) is 6.51. The molecule has 0 radical (unpaired) electrons. The van der Waals surface area contributed by atoms with Gasteiger partial charge in [-0.3, -0.25) is 4.79 Å². The average Bonchev–Trinajstić information content (AvgIpc) is 3.07. The van der Waals surface area contributed by atoms with Gasteiger partial charge in [0, 0.05) is 50.2 Å². The number of nitrogens with one attached hydrogen (secondary N) is 1. The van der Waals surface area contributed by atoms with Gasteiger partial charge in [-0.15, -0.1) is 0 Å². The molecule has 2 aromatic rings. The largest absolute Gasteiger partial charge is 0.381 e. The van der Waals surface area contributed by atoms with Crippen molar-refractivity contribution >= 4 is 11.6 Å². The number of aromatic nitrogens is 3. The van der Waals surface area contributed by atoms with E-state index in [4.69, 9.17) is 9.47 Å². The Bertz CT molecular complexity index is 678. The van der Waals surface area contributed by atoms with Crippen LogP contribution in [-0.2, 0) is 9.47 Å². The lowest BCUT2D eigenvalue weighted by atomic mass is 9.79. The molecule has 0 aliphatic carbocycles. The third-order valence-electron chi connectivity index (χ3n) is 5.06. The second-order valence-corrected chi connectivity index (χ2v) is 6.51. The quantitative estimate of drug-likeness (QED) is 0.917. The molecule has 2 fully saturated rings. The molecule has 1 N–H and O–H groups in total. The number of hydrogen-bond acceptors (Lipinski definition) is 5. The summed E-state index contributed by atoms with van der Waals surface area (Å²) in [5.41, 5.74) is 1.08. The molecule has 7 nitrogen and oxygen atoms in total. The van der Waals surface area contributed by atoms with Gasteiger partial charge in [-0.2, -0.15) is 5.10 Å². The van der Waals surface area contributed by atoms with Gasteiger partial charge in [0.25, 0.3) is 5.91 Å². The summed E-state index contributed by atoms with van der Waals surface area (Å²) in [6, 6.07) is 3.64. The van der Waals surface area contributed by atoms with Crippen molar-refractivity contribution in [2.75, 3.05) is 26.4 Å². The molecule has 0 bridgehead atoms. The Kier molecular flexibility index (Phi) is 4.44. The lowest BCUT2D eigenvalue weighted by Crippen LogP contribution is -2.49. The van der Waals surface area contributed by atoms with Crippen molar-refractivity contribution < 1.29 is 14.3 Å². The van der Waals surface area contributed by atoms with Crippen LogP contribution >= 0.6 is 0 Å². The number of rotatable bonds is 3. The highest BCUT2D eigenvalue weighted by Gasteiger charge is 2.34. The van der Waals surface area contributed by atoms with Crippen LogP contribution in [0.5, 0.6) is 0 Å². The molecule has 0 aromatic carbocycles. The highest BCUT2D eigenvalue weighted by Crippen LogP contribution is 2.30. The zero-order chi connectivity index (χ0) is 16.4. The van der Waals surface area contributed by atoms with Crippen LogP contribution in [0.3, 0.4) is 0 Å². The summed E-state index contributed by atoms with van der Waals surface area (Å²) in [6.45, 7) is 3.01. The molecule has 2 saturated heterocycles. The summed E-state index contributed by atoms with van der Waals surface area (Å²) >= 11 is 0. The van der Waals surface area contributed by atoms with Gasteiger partial charge in [0.15, 0.2) is 11.3 Å². The van der Waals surface area contributed by atoms with Crippen LogP contribution in [0.25, 0.3) is 5.65 Å². The maximum atomic E-state index is 12.6. The molecule has 7 heteroatoms. The van der Waals surface area contributed by atoms with Gasteiger partial charge in [-0.1, -0.05) is 0 Å². The van der Waals surface area contributed by atoms with Crippen LogP contribution in [-0.4, -0.2) is 53.0 Å². The zero-order valence-corrected chi connectivity index (χ0v) is 13.6. The minimum Gasteiger partial charge on any atom is -0.381 e. The number of fused-ring (bicyclic) bond motifs is 1. The number of hydrogen-bond donors (Lipinski definition) is 1. The number of nitrogens with zero attached hydrogens (tertiary/aromatic N) is 3. The third kappa shape index (κ3) is 3.14. The Morgan fingerprint density at radius 2 is 2.04 bits per heavy atom. The molecule has 2 aliphatic heterocycles. The number of carbonyl (C=O) groups excluding carboxylic acids is 1. The van der Waals surface area contributed by atoms with E-state index in [0.717, 1.165) is 32.5 Å². The summed E-state index contributed by atoms with van der Waals surface area (Å²) in [7, 11) is 0. The normalized spacial score (nSPS) is 25.7. The molecule has 4 rings (SSSR count). The lowest BCUT2D eigenvalue weighted by molar-refractivity contribution is -0.0259. The summed E-state index contributed by atoms with van der Waals surface area (Å²) in [6.07, 6.45) is 6.41. The summed E-state index contributed by atoms with van der Waals surface area (Å²) < 4.78 is 12.8. The van der Waals surface area contributed by atoms with E-state index in [-0.39, 0.29) is 11.9 Å². The smallest absolute Gasteiger partial charge is 0.272 e. The van der Waals surface area contributed by atoms with E-state index in [1.165, 1.54) is 0 Å². The van der Waals surface area contributed by atoms with Crippen molar-refractivity contribution in [2.24, 2.45) is 11.8 Å². The average molecular weight is 330 g/mol. The van der Waals surface area contributed by atoms with Crippen molar-refractivity contribution in [3.8, 4) is 0 Å². The van der Waals surface area contributed by atoms with Crippen LogP contribution in [0.4, 0.5) is 0 Å². The van der Waals surface area contributed by atoms with Crippen LogP contribution in [0.1, 0.15) is 29.8 Å². The summed E-state index contributed by atoms with van der Waals surface area (Å²) in [4.78, 5) is 16.8. The summed E-state index contributed by atoms with van der Waals surface area (Å²) in [5.74, 6) is 0.762. The highest BCUT2D eigenvalue weighted by molar-refractivity contribution is 5.93. The Labute approximate surface area is 140 Å². The van der Waals surface area contributed by atoms with E-state index in [2.05, 4.69) is 15.4 Å². The van der Waals surface area contributed by atoms with Crippen molar-refractivity contribution in [1.29, 1.82) is 0 Å². The molecule has 2 aliphatic rings. The molecular formula is C17H22N4O3. The van der Waals surface area contributed by atoms with E-state index in [0.29, 0.717) is 36.4 Å². The Balaban J connectivity index is 1.48. The molecule has 128 valence electrons. The van der Waals surface area contributed by atoms with Gasteiger partial charge in [0.2, 0.25) is 0 Å². The highest BCUT2D eigenvalue weighted by atomic mass is 16.5. The zero-order valence-electron chi connectivity index (χ0n) is 13.6. The van der Waals surface area contributed by atoms with Gasteiger partial charge in [0.1, 0.15) is 0 Å². The molecule has 0 spiro atoms. The molecule has 4 heterocycles.